The molecule has 0 unspecified atom stereocenters. The van der Waals surface area contributed by atoms with Crippen molar-refractivity contribution in [1.82, 2.24) is 10.3 Å². The zero-order chi connectivity index (χ0) is 11.6. The van der Waals surface area contributed by atoms with Gasteiger partial charge in [0.25, 0.3) is 5.91 Å². The number of nitrogens with zero attached hydrogens (tertiary/aromatic N) is 1. The van der Waals surface area contributed by atoms with E-state index in [0.717, 1.165) is 12.8 Å². The molecule has 0 radical (unpaired) electrons. The number of amides is 1. The van der Waals surface area contributed by atoms with Gasteiger partial charge in [0.1, 0.15) is 0 Å². The maximum absolute atomic E-state index is 11.9. The van der Waals surface area contributed by atoms with Crippen LogP contribution in [-0.2, 0) is 0 Å². The summed E-state index contributed by atoms with van der Waals surface area (Å²) >= 11 is 3.29. The van der Waals surface area contributed by atoms with E-state index >= 15 is 0 Å². The lowest BCUT2D eigenvalue weighted by molar-refractivity contribution is 0.0922. The van der Waals surface area contributed by atoms with E-state index in [9.17, 15) is 4.79 Å². The van der Waals surface area contributed by atoms with Crippen molar-refractivity contribution >= 4 is 21.8 Å². The molecular weight excluding hydrogens is 272 g/mol. The molecule has 86 valence electrons. The van der Waals surface area contributed by atoms with Crippen LogP contribution in [0.2, 0.25) is 0 Å². The first-order valence-corrected chi connectivity index (χ1v) is 5.99. The van der Waals surface area contributed by atoms with Gasteiger partial charge in [-0.25, -0.2) is 0 Å². The molecule has 4 nitrogen and oxygen atoms in total. The number of carbonyl (C=O) groups is 1. The normalized spacial score (nSPS) is 16.9. The number of aliphatic hydroxyl groups excluding tert-OH is 1. The molecule has 0 aromatic carbocycles. The predicted molar refractivity (Wildman–Crippen MR) is 63.1 cm³/mol. The Kier molecular flexibility index (Phi) is 3.25. The standard InChI is InChI=1S/C11H13BrN2O2/c12-9-7-13-5-1-8(9)10(16)14-11(2-3-11)4-6-15/h1,5,7,15H,2-4,6H2,(H,14,16). The molecule has 1 aliphatic rings. The van der Waals surface area contributed by atoms with Gasteiger partial charge in [-0.2, -0.15) is 0 Å². The number of rotatable bonds is 4. The maximum atomic E-state index is 11.9. The van der Waals surface area contributed by atoms with Crippen LogP contribution in [0.15, 0.2) is 22.9 Å². The zero-order valence-corrected chi connectivity index (χ0v) is 10.3. The van der Waals surface area contributed by atoms with Crippen LogP contribution < -0.4 is 5.32 Å². The summed E-state index contributed by atoms with van der Waals surface area (Å²) in [6, 6.07) is 1.68. The highest BCUT2D eigenvalue weighted by Crippen LogP contribution is 2.38. The summed E-state index contributed by atoms with van der Waals surface area (Å²) < 4.78 is 0.687. The van der Waals surface area contributed by atoms with Gasteiger partial charge in [0.2, 0.25) is 0 Å². The molecule has 0 bridgehead atoms. The summed E-state index contributed by atoms with van der Waals surface area (Å²) in [5.74, 6) is -0.111. The van der Waals surface area contributed by atoms with Crippen molar-refractivity contribution in [2.75, 3.05) is 6.61 Å². The Balaban J connectivity index is 2.07. The average molecular weight is 285 g/mol. The fourth-order valence-corrected chi connectivity index (χ4v) is 2.10. The number of hydrogen-bond acceptors (Lipinski definition) is 3. The highest BCUT2D eigenvalue weighted by atomic mass is 79.9. The smallest absolute Gasteiger partial charge is 0.252 e. The molecular formula is C11H13BrN2O2. The first-order valence-electron chi connectivity index (χ1n) is 5.20. The van der Waals surface area contributed by atoms with Gasteiger partial charge in [-0.3, -0.25) is 9.78 Å². The summed E-state index contributed by atoms with van der Waals surface area (Å²) in [5.41, 5.74) is 0.411. The molecule has 2 N–H and O–H groups in total. The third-order valence-corrected chi connectivity index (χ3v) is 3.47. The summed E-state index contributed by atoms with van der Waals surface area (Å²) in [6.45, 7) is 0.109. The maximum Gasteiger partial charge on any atom is 0.252 e. The van der Waals surface area contributed by atoms with Gasteiger partial charge in [0.15, 0.2) is 0 Å². The Bertz CT molecular complexity index is 405. The van der Waals surface area contributed by atoms with Gasteiger partial charge in [-0.1, -0.05) is 0 Å². The minimum atomic E-state index is -0.172. The molecule has 16 heavy (non-hydrogen) atoms. The fraction of sp³-hybridized carbons (Fsp3) is 0.455. The van der Waals surface area contributed by atoms with Gasteiger partial charge in [0.05, 0.1) is 5.56 Å². The number of pyridine rings is 1. The molecule has 0 saturated heterocycles. The number of hydrogen-bond donors (Lipinski definition) is 2. The SMILES string of the molecule is O=C(NC1(CCO)CC1)c1ccncc1Br. The molecule has 1 aliphatic carbocycles. The number of aliphatic hydroxyl groups is 1. The van der Waals surface area contributed by atoms with Crippen LogP contribution in [0.5, 0.6) is 0 Å². The highest BCUT2D eigenvalue weighted by molar-refractivity contribution is 9.10. The number of aromatic nitrogens is 1. The molecule has 1 aromatic heterocycles. The molecule has 1 amide bonds. The fourth-order valence-electron chi connectivity index (χ4n) is 1.67. The molecule has 1 saturated carbocycles. The van der Waals surface area contributed by atoms with Crippen molar-refractivity contribution in [3.8, 4) is 0 Å². The second-order valence-electron chi connectivity index (χ2n) is 4.06. The monoisotopic (exact) mass is 284 g/mol. The Morgan fingerprint density at radius 2 is 2.38 bits per heavy atom. The Morgan fingerprint density at radius 3 is 2.94 bits per heavy atom. The summed E-state index contributed by atoms with van der Waals surface area (Å²) in [7, 11) is 0. The molecule has 0 spiro atoms. The number of halogens is 1. The van der Waals surface area contributed by atoms with Gasteiger partial charge in [0, 0.05) is 29.0 Å². The topological polar surface area (TPSA) is 62.2 Å². The van der Waals surface area contributed by atoms with E-state index in [1.54, 1.807) is 18.5 Å². The van der Waals surface area contributed by atoms with E-state index in [4.69, 9.17) is 5.11 Å². The van der Waals surface area contributed by atoms with Crippen molar-refractivity contribution in [2.24, 2.45) is 0 Å². The van der Waals surface area contributed by atoms with Crippen molar-refractivity contribution in [3.63, 3.8) is 0 Å². The van der Waals surface area contributed by atoms with Crippen molar-refractivity contribution < 1.29 is 9.90 Å². The minimum absolute atomic E-state index is 0.109. The van der Waals surface area contributed by atoms with Crippen LogP contribution in [0.4, 0.5) is 0 Å². The molecule has 1 aromatic rings. The zero-order valence-electron chi connectivity index (χ0n) is 8.74. The lowest BCUT2D eigenvalue weighted by Crippen LogP contribution is -2.37. The van der Waals surface area contributed by atoms with Crippen LogP contribution in [0, 0.1) is 0 Å². The summed E-state index contributed by atoms with van der Waals surface area (Å²) in [4.78, 5) is 15.9. The van der Waals surface area contributed by atoms with E-state index in [0.29, 0.717) is 16.5 Å². The van der Waals surface area contributed by atoms with E-state index < -0.39 is 0 Å². The first kappa shape index (κ1) is 11.5. The quantitative estimate of drug-likeness (QED) is 0.881. The van der Waals surface area contributed by atoms with Crippen LogP contribution in [0.25, 0.3) is 0 Å². The molecule has 0 atom stereocenters. The van der Waals surface area contributed by atoms with Gasteiger partial charge in [-0.05, 0) is 41.3 Å². The number of carbonyl (C=O) groups excluding carboxylic acids is 1. The Labute approximate surface area is 102 Å². The molecule has 5 heteroatoms. The summed E-state index contributed by atoms with van der Waals surface area (Å²) in [5, 5.41) is 11.9. The second kappa shape index (κ2) is 4.51. The van der Waals surface area contributed by atoms with Crippen LogP contribution >= 0.6 is 15.9 Å². The molecule has 0 aliphatic heterocycles. The highest BCUT2D eigenvalue weighted by Gasteiger charge is 2.43. The van der Waals surface area contributed by atoms with Crippen molar-refractivity contribution in [1.29, 1.82) is 0 Å². The first-order chi connectivity index (χ1) is 7.67. The molecule has 1 heterocycles. The van der Waals surface area contributed by atoms with Crippen LogP contribution in [0.3, 0.4) is 0 Å². The lowest BCUT2D eigenvalue weighted by atomic mass is 10.1. The van der Waals surface area contributed by atoms with E-state index in [-0.39, 0.29) is 18.1 Å². The number of nitrogens with one attached hydrogen (secondary N) is 1. The van der Waals surface area contributed by atoms with E-state index in [1.807, 2.05) is 0 Å². The largest absolute Gasteiger partial charge is 0.396 e. The Morgan fingerprint density at radius 1 is 1.62 bits per heavy atom. The third-order valence-electron chi connectivity index (χ3n) is 2.84. The molecule has 2 rings (SSSR count). The van der Waals surface area contributed by atoms with E-state index in [1.165, 1.54) is 0 Å². The van der Waals surface area contributed by atoms with Crippen molar-refractivity contribution in [2.45, 2.75) is 24.8 Å². The van der Waals surface area contributed by atoms with Crippen LogP contribution in [-0.4, -0.2) is 28.1 Å². The van der Waals surface area contributed by atoms with Gasteiger partial charge < -0.3 is 10.4 Å². The Hall–Kier alpha value is -0.940. The molecule has 1 fully saturated rings. The summed E-state index contributed by atoms with van der Waals surface area (Å²) in [6.07, 6.45) is 5.71. The van der Waals surface area contributed by atoms with Crippen molar-refractivity contribution in [3.05, 3.63) is 28.5 Å². The second-order valence-corrected chi connectivity index (χ2v) is 4.92. The predicted octanol–water partition coefficient (Wildman–Crippen LogP) is 1.49. The van der Waals surface area contributed by atoms with Crippen LogP contribution in [0.1, 0.15) is 29.6 Å². The third kappa shape index (κ3) is 2.41. The lowest BCUT2D eigenvalue weighted by Gasteiger charge is -2.16. The van der Waals surface area contributed by atoms with Gasteiger partial charge in [-0.15, -0.1) is 0 Å². The van der Waals surface area contributed by atoms with E-state index in [2.05, 4.69) is 26.2 Å². The average Bonchev–Trinajstić information content (AvgIpc) is 2.99. The van der Waals surface area contributed by atoms with Gasteiger partial charge >= 0.3 is 0 Å². The minimum Gasteiger partial charge on any atom is -0.396 e.